The van der Waals surface area contributed by atoms with Crippen molar-refractivity contribution in [2.45, 2.75) is 12.8 Å². The Bertz CT molecular complexity index is 538. The summed E-state index contributed by atoms with van der Waals surface area (Å²) >= 11 is 6.25. The number of hydrogen-bond acceptors (Lipinski definition) is 4. The number of carbonyl (C=O) groups is 2. The van der Waals surface area contributed by atoms with Crippen LogP contribution in [0.25, 0.3) is 0 Å². The summed E-state index contributed by atoms with van der Waals surface area (Å²) in [4.78, 5) is 26.5. The maximum Gasteiger partial charge on any atom is 0.318 e. The van der Waals surface area contributed by atoms with Gasteiger partial charge in [-0.1, -0.05) is 23.7 Å². The first-order chi connectivity index (χ1) is 10.6. The number of imide groups is 1. The van der Waals surface area contributed by atoms with Gasteiger partial charge in [-0.2, -0.15) is 0 Å². The Labute approximate surface area is 135 Å². The molecule has 22 heavy (non-hydrogen) atoms. The van der Waals surface area contributed by atoms with Gasteiger partial charge in [-0.15, -0.1) is 0 Å². The molecule has 0 aliphatic carbocycles. The van der Waals surface area contributed by atoms with E-state index in [0.717, 1.165) is 43.3 Å². The number of anilines is 1. The monoisotopic (exact) mass is 324 g/mol. The van der Waals surface area contributed by atoms with Crippen molar-refractivity contribution < 1.29 is 9.59 Å². The number of hydrogen-bond donors (Lipinski definition) is 2. The van der Waals surface area contributed by atoms with E-state index in [1.165, 1.54) is 0 Å². The Hall–Kier alpha value is -1.79. The number of nitrogens with zero attached hydrogens (tertiary/aromatic N) is 2. The third-order valence-corrected chi connectivity index (χ3v) is 4.02. The lowest BCUT2D eigenvalue weighted by atomic mass is 10.2. The van der Waals surface area contributed by atoms with Gasteiger partial charge >= 0.3 is 6.03 Å². The molecular formula is C15H21ClN4O2. The van der Waals surface area contributed by atoms with Crippen LogP contribution < -0.4 is 16.0 Å². The maximum absolute atomic E-state index is 11.4. The fourth-order valence-electron chi connectivity index (χ4n) is 2.60. The maximum atomic E-state index is 11.4. The molecule has 2 rings (SSSR count). The summed E-state index contributed by atoms with van der Waals surface area (Å²) in [7, 11) is 0. The zero-order valence-corrected chi connectivity index (χ0v) is 13.2. The van der Waals surface area contributed by atoms with E-state index in [-0.39, 0.29) is 12.3 Å². The molecule has 0 saturated carbocycles. The third-order valence-electron chi connectivity index (χ3n) is 3.70. The number of benzene rings is 1. The van der Waals surface area contributed by atoms with Crippen LogP contribution in [-0.2, 0) is 4.79 Å². The average Bonchev–Trinajstić information content (AvgIpc) is 2.70. The topological polar surface area (TPSA) is 78.7 Å². The van der Waals surface area contributed by atoms with Gasteiger partial charge < -0.3 is 15.5 Å². The highest BCUT2D eigenvalue weighted by Gasteiger charge is 2.17. The minimum Gasteiger partial charge on any atom is -0.369 e. The minimum absolute atomic E-state index is 0.273. The van der Waals surface area contributed by atoms with Crippen molar-refractivity contribution in [2.75, 3.05) is 37.6 Å². The number of carbonyl (C=O) groups excluding carboxylic acids is 2. The molecule has 0 bridgehead atoms. The summed E-state index contributed by atoms with van der Waals surface area (Å²) in [5, 5.41) is 2.85. The molecule has 120 valence electrons. The van der Waals surface area contributed by atoms with E-state index in [4.69, 9.17) is 17.3 Å². The molecule has 1 aliphatic heterocycles. The molecule has 3 amide bonds. The standard InChI is InChI=1S/C15H21ClN4O2/c16-12-4-1-2-5-13(12)20-8-3-7-19(10-11-20)9-6-14(21)18-15(17)22/h1-2,4-5H,3,6-11H2,(H3,17,18,21,22). The van der Waals surface area contributed by atoms with Crippen molar-refractivity contribution in [1.82, 2.24) is 10.2 Å². The second kappa shape index (κ2) is 8.00. The summed E-state index contributed by atoms with van der Waals surface area (Å²) in [6.45, 7) is 4.20. The number of nitrogens with one attached hydrogen (secondary N) is 1. The van der Waals surface area contributed by atoms with Crippen LogP contribution in [-0.4, -0.2) is 49.6 Å². The molecule has 1 fully saturated rings. The normalized spacial score (nSPS) is 16.1. The SMILES string of the molecule is NC(=O)NC(=O)CCN1CCCN(c2ccccc2Cl)CC1. The largest absolute Gasteiger partial charge is 0.369 e. The van der Waals surface area contributed by atoms with Gasteiger partial charge in [-0.05, 0) is 25.1 Å². The zero-order valence-electron chi connectivity index (χ0n) is 12.4. The molecule has 0 atom stereocenters. The highest BCUT2D eigenvalue weighted by molar-refractivity contribution is 6.33. The van der Waals surface area contributed by atoms with Crippen molar-refractivity contribution in [2.24, 2.45) is 5.73 Å². The van der Waals surface area contributed by atoms with Crippen molar-refractivity contribution in [3.05, 3.63) is 29.3 Å². The molecule has 0 spiro atoms. The smallest absolute Gasteiger partial charge is 0.318 e. The van der Waals surface area contributed by atoms with Gasteiger partial charge in [0.2, 0.25) is 5.91 Å². The van der Waals surface area contributed by atoms with E-state index >= 15 is 0 Å². The Kier molecular flexibility index (Phi) is 6.03. The van der Waals surface area contributed by atoms with E-state index in [2.05, 4.69) is 15.1 Å². The first-order valence-electron chi connectivity index (χ1n) is 7.37. The number of rotatable bonds is 4. The van der Waals surface area contributed by atoms with E-state index < -0.39 is 6.03 Å². The van der Waals surface area contributed by atoms with Crippen molar-refractivity contribution >= 4 is 29.2 Å². The van der Waals surface area contributed by atoms with Gasteiger partial charge in [0.25, 0.3) is 0 Å². The van der Waals surface area contributed by atoms with E-state index in [9.17, 15) is 9.59 Å². The fraction of sp³-hybridized carbons (Fsp3) is 0.467. The van der Waals surface area contributed by atoms with Crippen LogP contribution in [0.5, 0.6) is 0 Å². The molecule has 1 aromatic carbocycles. The molecule has 1 heterocycles. The number of nitrogens with two attached hydrogens (primary N) is 1. The molecule has 0 radical (unpaired) electrons. The predicted molar refractivity (Wildman–Crippen MR) is 87.1 cm³/mol. The van der Waals surface area contributed by atoms with Crippen LogP contribution in [0.1, 0.15) is 12.8 Å². The van der Waals surface area contributed by atoms with Crippen LogP contribution in [0.3, 0.4) is 0 Å². The summed E-state index contributed by atoms with van der Waals surface area (Å²) in [5.74, 6) is -0.334. The van der Waals surface area contributed by atoms with Gasteiger partial charge in [-0.25, -0.2) is 4.79 Å². The van der Waals surface area contributed by atoms with Gasteiger partial charge in [0.05, 0.1) is 10.7 Å². The second-order valence-electron chi connectivity index (χ2n) is 5.30. The molecule has 7 heteroatoms. The van der Waals surface area contributed by atoms with Crippen LogP contribution in [0.4, 0.5) is 10.5 Å². The molecule has 1 aromatic rings. The lowest BCUT2D eigenvalue weighted by Gasteiger charge is -2.24. The van der Waals surface area contributed by atoms with Crippen molar-refractivity contribution in [1.29, 1.82) is 0 Å². The highest BCUT2D eigenvalue weighted by atomic mass is 35.5. The minimum atomic E-state index is -0.800. The molecule has 6 nitrogen and oxygen atoms in total. The highest BCUT2D eigenvalue weighted by Crippen LogP contribution is 2.26. The van der Waals surface area contributed by atoms with E-state index in [0.29, 0.717) is 6.54 Å². The van der Waals surface area contributed by atoms with Crippen LogP contribution >= 0.6 is 11.6 Å². The van der Waals surface area contributed by atoms with Crippen molar-refractivity contribution in [3.8, 4) is 0 Å². The molecule has 0 unspecified atom stereocenters. The molecule has 1 saturated heterocycles. The first kappa shape index (κ1) is 16.6. The van der Waals surface area contributed by atoms with Crippen LogP contribution in [0, 0.1) is 0 Å². The summed E-state index contributed by atoms with van der Waals surface area (Å²) in [5.41, 5.74) is 5.97. The van der Waals surface area contributed by atoms with Crippen LogP contribution in [0.15, 0.2) is 24.3 Å². The Balaban J connectivity index is 1.84. The van der Waals surface area contributed by atoms with Gasteiger partial charge in [0, 0.05) is 32.6 Å². The Morgan fingerprint density at radius 1 is 1.18 bits per heavy atom. The lowest BCUT2D eigenvalue weighted by molar-refractivity contribution is -0.120. The molecule has 0 aromatic heterocycles. The van der Waals surface area contributed by atoms with Gasteiger partial charge in [0.15, 0.2) is 0 Å². The quantitative estimate of drug-likeness (QED) is 0.878. The Morgan fingerprint density at radius 3 is 2.68 bits per heavy atom. The van der Waals surface area contributed by atoms with Crippen molar-refractivity contribution in [3.63, 3.8) is 0 Å². The second-order valence-corrected chi connectivity index (χ2v) is 5.70. The van der Waals surface area contributed by atoms with Gasteiger partial charge in [0.1, 0.15) is 0 Å². The third kappa shape index (κ3) is 4.89. The molecular weight excluding hydrogens is 304 g/mol. The number of para-hydroxylation sites is 1. The van der Waals surface area contributed by atoms with E-state index in [1.807, 2.05) is 24.3 Å². The number of amides is 3. The molecule has 3 N–H and O–H groups in total. The fourth-order valence-corrected chi connectivity index (χ4v) is 2.86. The van der Waals surface area contributed by atoms with E-state index in [1.54, 1.807) is 0 Å². The molecule has 1 aliphatic rings. The zero-order chi connectivity index (χ0) is 15.9. The summed E-state index contributed by atoms with van der Waals surface area (Å²) in [6.07, 6.45) is 1.28. The first-order valence-corrected chi connectivity index (χ1v) is 7.75. The average molecular weight is 325 g/mol. The number of halogens is 1. The predicted octanol–water partition coefficient (Wildman–Crippen LogP) is 1.44. The Morgan fingerprint density at radius 2 is 1.95 bits per heavy atom. The van der Waals surface area contributed by atoms with Crippen LogP contribution in [0.2, 0.25) is 5.02 Å². The number of primary amides is 1. The summed E-state index contributed by atoms with van der Waals surface area (Å²) in [6, 6.07) is 7.03. The lowest BCUT2D eigenvalue weighted by Crippen LogP contribution is -2.38. The van der Waals surface area contributed by atoms with Gasteiger partial charge in [-0.3, -0.25) is 10.1 Å². The summed E-state index contributed by atoms with van der Waals surface area (Å²) < 4.78 is 0. The number of urea groups is 1.